The van der Waals surface area contributed by atoms with E-state index < -0.39 is 6.04 Å². The van der Waals surface area contributed by atoms with Crippen molar-refractivity contribution in [3.05, 3.63) is 48.3 Å². The third-order valence-electron chi connectivity index (χ3n) is 3.92. The van der Waals surface area contributed by atoms with Gasteiger partial charge in [-0.2, -0.15) is 0 Å². The number of H-pyrrole nitrogens is 1. The minimum absolute atomic E-state index is 0.0479. The summed E-state index contributed by atoms with van der Waals surface area (Å²) < 4.78 is 0. The van der Waals surface area contributed by atoms with E-state index in [4.69, 9.17) is 0 Å². The summed E-state index contributed by atoms with van der Waals surface area (Å²) in [7, 11) is 0. The highest BCUT2D eigenvalue weighted by Crippen LogP contribution is 2.15. The largest absolute Gasteiger partial charge is 0.351 e. The van der Waals surface area contributed by atoms with Crippen molar-refractivity contribution in [3.8, 4) is 0 Å². The predicted molar refractivity (Wildman–Crippen MR) is 93.7 cm³/mol. The van der Waals surface area contributed by atoms with Crippen LogP contribution in [-0.4, -0.2) is 28.7 Å². The van der Waals surface area contributed by atoms with Gasteiger partial charge in [-0.25, -0.2) is 4.99 Å². The Kier molecular flexibility index (Phi) is 4.46. The first-order valence-electron chi connectivity index (χ1n) is 7.96. The van der Waals surface area contributed by atoms with Crippen molar-refractivity contribution in [2.75, 3.05) is 0 Å². The number of para-hydroxylation sites is 1. The summed E-state index contributed by atoms with van der Waals surface area (Å²) in [5.74, 6) is 0.00208. The SMILES string of the molecule is CC(C)[C@H](NC(=O)c1cc2ccccc2[nH]1)C(=O)NC1=NC=CC1. The molecule has 1 aliphatic heterocycles. The molecule has 2 aromatic rings. The third kappa shape index (κ3) is 3.37. The van der Waals surface area contributed by atoms with Crippen molar-refractivity contribution in [2.45, 2.75) is 26.3 Å². The van der Waals surface area contributed by atoms with Crippen molar-refractivity contribution in [3.63, 3.8) is 0 Å². The summed E-state index contributed by atoms with van der Waals surface area (Å²) in [6.07, 6.45) is 4.12. The van der Waals surface area contributed by atoms with Gasteiger partial charge in [-0.3, -0.25) is 9.59 Å². The molecule has 24 heavy (non-hydrogen) atoms. The standard InChI is InChI=1S/C18H20N4O2/c1-11(2)16(18(24)21-15-8-5-9-19-15)22-17(23)14-10-12-6-3-4-7-13(12)20-14/h3-7,9-11,16,20H,8H2,1-2H3,(H,22,23)(H,19,21,24)/t16-/m0/s1. The monoisotopic (exact) mass is 324 g/mol. The van der Waals surface area contributed by atoms with Gasteiger partial charge < -0.3 is 15.6 Å². The topological polar surface area (TPSA) is 86.3 Å². The summed E-state index contributed by atoms with van der Waals surface area (Å²) in [5, 5.41) is 6.54. The van der Waals surface area contributed by atoms with Crippen LogP contribution in [-0.2, 0) is 4.79 Å². The highest BCUT2D eigenvalue weighted by molar-refractivity contribution is 6.05. The molecule has 0 radical (unpaired) electrons. The Morgan fingerprint density at radius 2 is 2.04 bits per heavy atom. The van der Waals surface area contributed by atoms with Crippen molar-refractivity contribution in [2.24, 2.45) is 10.9 Å². The first-order chi connectivity index (χ1) is 11.5. The molecule has 0 spiro atoms. The summed E-state index contributed by atoms with van der Waals surface area (Å²) in [6.45, 7) is 3.79. The van der Waals surface area contributed by atoms with Gasteiger partial charge in [0.15, 0.2) is 0 Å². The number of aromatic amines is 1. The maximum atomic E-state index is 12.5. The predicted octanol–water partition coefficient (Wildman–Crippen LogP) is 2.35. The van der Waals surface area contributed by atoms with Crippen molar-refractivity contribution >= 4 is 28.6 Å². The second kappa shape index (κ2) is 6.70. The molecule has 1 aromatic heterocycles. The zero-order chi connectivity index (χ0) is 17.1. The Morgan fingerprint density at radius 3 is 2.71 bits per heavy atom. The second-order valence-electron chi connectivity index (χ2n) is 6.12. The number of aromatic nitrogens is 1. The number of fused-ring (bicyclic) bond motifs is 1. The average molecular weight is 324 g/mol. The lowest BCUT2D eigenvalue weighted by Crippen LogP contribution is -2.51. The van der Waals surface area contributed by atoms with E-state index >= 15 is 0 Å². The van der Waals surface area contributed by atoms with Crippen LogP contribution in [0.15, 0.2) is 47.6 Å². The molecular weight excluding hydrogens is 304 g/mol. The zero-order valence-electron chi connectivity index (χ0n) is 13.7. The number of hydrogen-bond donors (Lipinski definition) is 3. The van der Waals surface area contributed by atoms with Gasteiger partial charge in [-0.1, -0.05) is 38.1 Å². The number of nitrogens with one attached hydrogen (secondary N) is 3. The Bertz CT molecular complexity index is 799. The van der Waals surface area contributed by atoms with Crippen LogP contribution in [0.1, 0.15) is 30.8 Å². The number of benzene rings is 1. The Morgan fingerprint density at radius 1 is 1.25 bits per heavy atom. The Balaban J connectivity index is 1.72. The van der Waals surface area contributed by atoms with Crippen molar-refractivity contribution in [1.29, 1.82) is 0 Å². The maximum Gasteiger partial charge on any atom is 0.268 e. The molecular formula is C18H20N4O2. The minimum Gasteiger partial charge on any atom is -0.351 e. The number of amidine groups is 1. The van der Waals surface area contributed by atoms with Gasteiger partial charge in [-0.15, -0.1) is 0 Å². The van der Waals surface area contributed by atoms with Crippen LogP contribution < -0.4 is 10.6 Å². The smallest absolute Gasteiger partial charge is 0.268 e. The lowest BCUT2D eigenvalue weighted by atomic mass is 10.0. The molecule has 0 aliphatic carbocycles. The molecule has 1 aromatic carbocycles. The van der Waals surface area contributed by atoms with E-state index in [2.05, 4.69) is 20.6 Å². The molecule has 0 saturated carbocycles. The molecule has 1 atom stereocenters. The molecule has 124 valence electrons. The summed E-state index contributed by atoms with van der Waals surface area (Å²) >= 11 is 0. The molecule has 0 saturated heterocycles. The van der Waals surface area contributed by atoms with Crippen LogP contribution in [0.5, 0.6) is 0 Å². The summed E-state index contributed by atoms with van der Waals surface area (Å²) in [5.41, 5.74) is 1.33. The lowest BCUT2D eigenvalue weighted by Gasteiger charge is -2.21. The average Bonchev–Trinajstić information content (AvgIpc) is 3.20. The molecule has 6 nitrogen and oxygen atoms in total. The van der Waals surface area contributed by atoms with Crippen LogP contribution in [0.2, 0.25) is 0 Å². The Hall–Kier alpha value is -2.89. The number of rotatable bonds is 4. The lowest BCUT2D eigenvalue weighted by molar-refractivity contribution is -0.122. The van der Waals surface area contributed by atoms with E-state index in [1.54, 1.807) is 12.3 Å². The van der Waals surface area contributed by atoms with Crippen molar-refractivity contribution in [1.82, 2.24) is 15.6 Å². The van der Waals surface area contributed by atoms with E-state index in [9.17, 15) is 9.59 Å². The Labute approximate surface area is 140 Å². The number of carbonyl (C=O) groups excluding carboxylic acids is 2. The van der Waals surface area contributed by atoms with E-state index in [1.165, 1.54) is 0 Å². The fourth-order valence-corrected chi connectivity index (χ4v) is 2.61. The van der Waals surface area contributed by atoms with E-state index in [-0.39, 0.29) is 17.7 Å². The molecule has 1 aliphatic rings. The molecule has 2 amide bonds. The fraction of sp³-hybridized carbons (Fsp3) is 0.278. The van der Waals surface area contributed by atoms with Crippen LogP contribution in [0.3, 0.4) is 0 Å². The van der Waals surface area contributed by atoms with Gasteiger partial charge in [-0.05, 0) is 18.1 Å². The number of amides is 2. The highest BCUT2D eigenvalue weighted by Gasteiger charge is 2.26. The third-order valence-corrected chi connectivity index (χ3v) is 3.92. The number of hydrogen-bond acceptors (Lipinski definition) is 3. The van der Waals surface area contributed by atoms with Gasteiger partial charge >= 0.3 is 0 Å². The van der Waals surface area contributed by atoms with Crippen LogP contribution >= 0.6 is 0 Å². The van der Waals surface area contributed by atoms with E-state index in [0.717, 1.165) is 10.9 Å². The quantitative estimate of drug-likeness (QED) is 0.806. The molecule has 3 rings (SSSR count). The van der Waals surface area contributed by atoms with E-state index in [1.807, 2.05) is 44.2 Å². The minimum atomic E-state index is -0.632. The van der Waals surface area contributed by atoms with Crippen LogP contribution in [0, 0.1) is 5.92 Å². The number of carbonyl (C=O) groups is 2. The fourth-order valence-electron chi connectivity index (χ4n) is 2.61. The first kappa shape index (κ1) is 16.0. The molecule has 2 heterocycles. The van der Waals surface area contributed by atoms with Crippen molar-refractivity contribution < 1.29 is 9.59 Å². The zero-order valence-corrected chi connectivity index (χ0v) is 13.7. The van der Waals surface area contributed by atoms with Crippen LogP contribution in [0.25, 0.3) is 10.9 Å². The highest BCUT2D eigenvalue weighted by atomic mass is 16.2. The van der Waals surface area contributed by atoms with Gasteiger partial charge in [0, 0.05) is 23.5 Å². The normalized spacial score (nSPS) is 14.7. The van der Waals surface area contributed by atoms with Gasteiger partial charge in [0.05, 0.1) is 0 Å². The van der Waals surface area contributed by atoms with Gasteiger partial charge in [0.1, 0.15) is 17.6 Å². The van der Waals surface area contributed by atoms with Gasteiger partial charge in [0.25, 0.3) is 5.91 Å². The molecule has 0 unspecified atom stereocenters. The second-order valence-corrected chi connectivity index (χ2v) is 6.12. The summed E-state index contributed by atoms with van der Waals surface area (Å²) in [6, 6.07) is 8.81. The first-order valence-corrected chi connectivity index (χ1v) is 7.96. The van der Waals surface area contributed by atoms with Crippen LogP contribution in [0.4, 0.5) is 0 Å². The van der Waals surface area contributed by atoms with E-state index in [0.29, 0.717) is 18.0 Å². The number of nitrogens with zero attached hydrogens (tertiary/aromatic N) is 1. The van der Waals surface area contributed by atoms with Gasteiger partial charge in [0.2, 0.25) is 5.91 Å². The molecule has 0 fully saturated rings. The number of aliphatic imine (C=N–C) groups is 1. The molecule has 0 bridgehead atoms. The molecule has 6 heteroatoms. The maximum absolute atomic E-state index is 12.5. The summed E-state index contributed by atoms with van der Waals surface area (Å²) in [4.78, 5) is 32.1. The molecule has 3 N–H and O–H groups in total.